The number of hydrogen-bond donors (Lipinski definition) is 1. The Bertz CT molecular complexity index is 663. The standard InChI is InChI=1S/C23H44O4Si2/c1-15(2)13-17(24)16-14-18(26-28(9,10)22(3,4)5)20-21(25-20)19(16)27-29(11,12)23(6,7)8/h13-14,17-21,24H,1-12H3/t17-,18-,19-,20+,21-/m1/s1. The number of aliphatic hydroxyl groups is 1. The van der Waals surface area contributed by atoms with Crippen LogP contribution in [0.15, 0.2) is 23.3 Å². The number of allylic oxidation sites excluding steroid dienone is 1. The van der Waals surface area contributed by atoms with Gasteiger partial charge in [-0.1, -0.05) is 53.2 Å². The highest BCUT2D eigenvalue weighted by Gasteiger charge is 2.58. The lowest BCUT2D eigenvalue weighted by molar-refractivity contribution is 0.136. The molecule has 1 fully saturated rings. The first-order valence-corrected chi connectivity index (χ1v) is 16.7. The Hall–Kier alpha value is -0.246. The van der Waals surface area contributed by atoms with Gasteiger partial charge in [0.2, 0.25) is 0 Å². The van der Waals surface area contributed by atoms with Gasteiger partial charge in [0.25, 0.3) is 0 Å². The van der Waals surface area contributed by atoms with E-state index in [1.54, 1.807) is 0 Å². The molecular weight excluding hydrogens is 396 g/mol. The molecule has 0 bridgehead atoms. The highest BCUT2D eigenvalue weighted by molar-refractivity contribution is 6.74. The number of hydrogen-bond acceptors (Lipinski definition) is 4. The van der Waals surface area contributed by atoms with E-state index in [-0.39, 0.29) is 34.5 Å². The maximum absolute atomic E-state index is 11.0. The third kappa shape index (κ3) is 5.52. The quantitative estimate of drug-likeness (QED) is 0.322. The third-order valence-corrected chi connectivity index (χ3v) is 16.1. The largest absolute Gasteiger partial charge is 0.408 e. The van der Waals surface area contributed by atoms with Crippen molar-refractivity contribution in [2.45, 2.75) is 122 Å². The second-order valence-electron chi connectivity index (χ2n) is 12.1. The molecule has 4 nitrogen and oxygen atoms in total. The van der Waals surface area contributed by atoms with Gasteiger partial charge in [-0.3, -0.25) is 0 Å². The summed E-state index contributed by atoms with van der Waals surface area (Å²) < 4.78 is 19.6. The molecule has 0 radical (unpaired) electrons. The van der Waals surface area contributed by atoms with Crippen molar-refractivity contribution in [3.8, 4) is 0 Å². The highest BCUT2D eigenvalue weighted by Crippen LogP contribution is 2.47. The van der Waals surface area contributed by atoms with Crippen LogP contribution in [0.3, 0.4) is 0 Å². The topological polar surface area (TPSA) is 51.2 Å². The molecule has 168 valence electrons. The Morgan fingerprint density at radius 3 is 1.90 bits per heavy atom. The van der Waals surface area contributed by atoms with Gasteiger partial charge in [-0.2, -0.15) is 0 Å². The fraction of sp³-hybridized carbons (Fsp3) is 0.826. The predicted molar refractivity (Wildman–Crippen MR) is 126 cm³/mol. The first-order valence-electron chi connectivity index (χ1n) is 10.9. The lowest BCUT2D eigenvalue weighted by Crippen LogP contribution is -2.51. The van der Waals surface area contributed by atoms with E-state index in [0.29, 0.717) is 0 Å². The van der Waals surface area contributed by atoms with E-state index in [9.17, 15) is 5.11 Å². The van der Waals surface area contributed by atoms with Crippen LogP contribution >= 0.6 is 0 Å². The second-order valence-corrected chi connectivity index (χ2v) is 21.6. The molecule has 0 unspecified atom stereocenters. The Morgan fingerprint density at radius 1 is 0.966 bits per heavy atom. The molecule has 0 aromatic rings. The molecule has 5 atom stereocenters. The Balaban J connectivity index is 2.38. The van der Waals surface area contributed by atoms with Gasteiger partial charge < -0.3 is 18.7 Å². The van der Waals surface area contributed by atoms with Gasteiger partial charge in [-0.15, -0.1) is 0 Å². The monoisotopic (exact) mass is 440 g/mol. The maximum atomic E-state index is 11.0. The Labute approximate surface area is 181 Å². The molecule has 1 saturated heterocycles. The van der Waals surface area contributed by atoms with Crippen LogP contribution in [0.25, 0.3) is 0 Å². The zero-order valence-corrected chi connectivity index (χ0v) is 22.7. The number of rotatable bonds is 6. The SMILES string of the molecule is CC(C)=C[C@@H](O)C1=C[C@@H](O[Si](C)(C)C(C)(C)C)[C@@H]2O[C@@H]2[C@@H]1O[Si](C)(C)C(C)(C)C. The van der Waals surface area contributed by atoms with Crippen LogP contribution in [0.2, 0.25) is 36.3 Å². The number of epoxide rings is 1. The Morgan fingerprint density at radius 2 is 1.45 bits per heavy atom. The fourth-order valence-electron chi connectivity index (χ4n) is 3.14. The molecular formula is C23H44O4Si2. The van der Waals surface area contributed by atoms with Crippen molar-refractivity contribution >= 4 is 16.6 Å². The van der Waals surface area contributed by atoms with E-state index in [4.69, 9.17) is 13.6 Å². The van der Waals surface area contributed by atoms with Gasteiger partial charge >= 0.3 is 0 Å². The van der Waals surface area contributed by atoms with Crippen LogP contribution < -0.4 is 0 Å². The van der Waals surface area contributed by atoms with Gasteiger partial charge in [0.1, 0.15) is 12.2 Å². The predicted octanol–water partition coefficient (Wildman–Crippen LogP) is 5.80. The molecule has 1 aliphatic carbocycles. The zero-order valence-electron chi connectivity index (χ0n) is 20.7. The van der Waals surface area contributed by atoms with E-state index in [1.165, 1.54) is 0 Å². The van der Waals surface area contributed by atoms with Crippen molar-refractivity contribution in [1.82, 2.24) is 0 Å². The normalized spacial score (nSPS) is 29.1. The minimum atomic E-state index is -2.02. The summed E-state index contributed by atoms with van der Waals surface area (Å²) in [7, 11) is -3.97. The van der Waals surface area contributed by atoms with Crippen LogP contribution in [0, 0.1) is 0 Å². The van der Waals surface area contributed by atoms with Gasteiger partial charge in [0.05, 0.1) is 18.3 Å². The minimum Gasteiger partial charge on any atom is -0.408 e. The van der Waals surface area contributed by atoms with Crippen LogP contribution in [-0.4, -0.2) is 52.3 Å². The van der Waals surface area contributed by atoms with Crippen LogP contribution in [-0.2, 0) is 13.6 Å². The molecule has 1 heterocycles. The summed E-state index contributed by atoms with van der Waals surface area (Å²) >= 11 is 0. The van der Waals surface area contributed by atoms with E-state index in [1.807, 2.05) is 19.9 Å². The number of fused-ring (bicyclic) bond motifs is 1. The summed E-state index contributed by atoms with van der Waals surface area (Å²) in [5, 5.41) is 11.2. The van der Waals surface area contributed by atoms with E-state index in [0.717, 1.165) is 11.1 Å². The molecule has 1 N–H and O–H groups in total. The summed E-state index contributed by atoms with van der Waals surface area (Å²) in [6, 6.07) is 0. The first kappa shape index (κ1) is 25.0. The summed E-state index contributed by atoms with van der Waals surface area (Å²) in [5.41, 5.74) is 1.99. The molecule has 0 amide bonds. The molecule has 2 rings (SSSR count). The molecule has 2 aliphatic rings. The van der Waals surface area contributed by atoms with Crippen molar-refractivity contribution in [2.24, 2.45) is 0 Å². The van der Waals surface area contributed by atoms with Crippen LogP contribution in [0.4, 0.5) is 0 Å². The fourth-order valence-corrected chi connectivity index (χ4v) is 5.63. The zero-order chi connectivity index (χ0) is 22.6. The lowest BCUT2D eigenvalue weighted by Gasteiger charge is -2.42. The van der Waals surface area contributed by atoms with Crippen LogP contribution in [0.5, 0.6) is 0 Å². The molecule has 0 saturated carbocycles. The summed E-state index contributed by atoms with van der Waals surface area (Å²) in [4.78, 5) is 0. The van der Waals surface area contributed by atoms with Crippen molar-refractivity contribution < 1.29 is 18.7 Å². The first-order chi connectivity index (χ1) is 12.9. The number of aliphatic hydroxyl groups excluding tert-OH is 1. The summed E-state index contributed by atoms with van der Waals surface area (Å²) in [6.45, 7) is 26.5. The number of ether oxygens (including phenoxy) is 1. The summed E-state index contributed by atoms with van der Waals surface area (Å²) in [5.74, 6) is 0. The van der Waals surface area contributed by atoms with Crippen molar-refractivity contribution in [2.75, 3.05) is 0 Å². The molecule has 0 aromatic heterocycles. The van der Waals surface area contributed by atoms with Crippen molar-refractivity contribution in [1.29, 1.82) is 0 Å². The van der Waals surface area contributed by atoms with E-state index < -0.39 is 22.7 Å². The van der Waals surface area contributed by atoms with Gasteiger partial charge in [0, 0.05) is 0 Å². The third-order valence-electron chi connectivity index (χ3n) is 7.17. The van der Waals surface area contributed by atoms with E-state index in [2.05, 4.69) is 73.8 Å². The molecule has 0 spiro atoms. The summed E-state index contributed by atoms with van der Waals surface area (Å²) in [6.07, 6.45) is 3.02. The molecule has 29 heavy (non-hydrogen) atoms. The van der Waals surface area contributed by atoms with Crippen LogP contribution in [0.1, 0.15) is 55.4 Å². The molecule has 0 aromatic carbocycles. The highest BCUT2D eigenvalue weighted by atomic mass is 28.4. The smallest absolute Gasteiger partial charge is 0.193 e. The maximum Gasteiger partial charge on any atom is 0.193 e. The van der Waals surface area contributed by atoms with Gasteiger partial charge in [-0.05, 0) is 61.8 Å². The van der Waals surface area contributed by atoms with Gasteiger partial charge in [-0.25, -0.2) is 0 Å². The minimum absolute atomic E-state index is 0.0286. The average Bonchev–Trinajstić information content (AvgIpc) is 3.26. The average molecular weight is 441 g/mol. The Kier molecular flexibility index (Phi) is 6.92. The molecule has 1 aliphatic heterocycles. The lowest BCUT2D eigenvalue weighted by atomic mass is 9.90. The van der Waals surface area contributed by atoms with E-state index >= 15 is 0 Å². The van der Waals surface area contributed by atoms with Crippen molar-refractivity contribution in [3.63, 3.8) is 0 Å². The molecule has 6 heteroatoms. The second kappa shape index (κ2) is 8.02. The van der Waals surface area contributed by atoms with Gasteiger partial charge in [0.15, 0.2) is 16.6 Å². The van der Waals surface area contributed by atoms with Crippen molar-refractivity contribution in [3.05, 3.63) is 23.3 Å².